The molecule has 24 heavy (non-hydrogen) atoms. The minimum Gasteiger partial charge on any atom is -0.463 e. The van der Waals surface area contributed by atoms with Crippen LogP contribution in [-0.2, 0) is 19.1 Å². The van der Waals surface area contributed by atoms with Crippen LogP contribution in [0.4, 0.5) is 0 Å². The summed E-state index contributed by atoms with van der Waals surface area (Å²) in [5.41, 5.74) is 0. The van der Waals surface area contributed by atoms with Gasteiger partial charge in [-0.15, -0.1) is 0 Å². The average Bonchev–Trinajstić information content (AvgIpc) is 2.53. The van der Waals surface area contributed by atoms with Crippen molar-refractivity contribution in [2.75, 3.05) is 6.61 Å². The van der Waals surface area contributed by atoms with E-state index in [2.05, 4.69) is 5.32 Å². The van der Waals surface area contributed by atoms with Crippen LogP contribution in [0.2, 0.25) is 0 Å². The van der Waals surface area contributed by atoms with Gasteiger partial charge in [-0.3, -0.25) is 9.59 Å². The summed E-state index contributed by atoms with van der Waals surface area (Å²) < 4.78 is 16.4. The maximum Gasteiger partial charge on any atom is 0.303 e. The Morgan fingerprint density at radius 3 is 2.46 bits per heavy atom. The zero-order valence-corrected chi connectivity index (χ0v) is 13.4. The summed E-state index contributed by atoms with van der Waals surface area (Å²) in [6.07, 6.45) is -4.51. The van der Waals surface area contributed by atoms with Gasteiger partial charge in [-0.2, -0.15) is 0 Å². The second-order valence-corrected chi connectivity index (χ2v) is 5.45. The Hall–Kier alpha value is -2.16. The molecule has 0 bridgehead atoms. The number of hydrogen-bond acceptors (Lipinski definition) is 7. The van der Waals surface area contributed by atoms with Gasteiger partial charge in [0.15, 0.2) is 6.10 Å². The molecule has 8 heteroatoms. The molecule has 0 aliphatic carbocycles. The number of carbonyl (C=O) groups is 2. The van der Waals surface area contributed by atoms with E-state index < -0.39 is 49.1 Å². The predicted octanol–water partition coefficient (Wildman–Crippen LogP) is -0.420. The Morgan fingerprint density at radius 2 is 1.92 bits per heavy atom. The van der Waals surface area contributed by atoms with Crippen LogP contribution in [0.5, 0.6) is 5.75 Å². The highest BCUT2D eigenvalue weighted by atomic mass is 16.7. The van der Waals surface area contributed by atoms with E-state index in [0.717, 1.165) is 0 Å². The number of hydrogen-bond donors (Lipinski definition) is 3. The molecule has 8 nitrogen and oxygen atoms in total. The lowest BCUT2D eigenvalue weighted by Gasteiger charge is -2.43. The minimum absolute atomic E-state index is 0.405. The van der Waals surface area contributed by atoms with E-state index in [-0.39, 0.29) is 0 Å². The van der Waals surface area contributed by atoms with Crippen molar-refractivity contribution < 1.29 is 34.0 Å². The van der Waals surface area contributed by atoms with Crippen molar-refractivity contribution in [3.8, 4) is 5.75 Å². The quantitative estimate of drug-likeness (QED) is 0.624. The number of para-hydroxylation sites is 1. The fourth-order valence-corrected chi connectivity index (χ4v) is 2.52. The summed E-state index contributed by atoms with van der Waals surface area (Å²) in [4.78, 5) is 22.9. The molecule has 0 radical (unpaired) electrons. The van der Waals surface area contributed by atoms with E-state index in [0.29, 0.717) is 5.75 Å². The van der Waals surface area contributed by atoms with Crippen molar-refractivity contribution in [2.45, 2.75) is 44.5 Å². The fourth-order valence-electron chi connectivity index (χ4n) is 2.52. The summed E-state index contributed by atoms with van der Waals surface area (Å²) in [7, 11) is 0. The van der Waals surface area contributed by atoms with E-state index in [4.69, 9.17) is 14.2 Å². The van der Waals surface area contributed by atoms with Crippen molar-refractivity contribution in [3.63, 3.8) is 0 Å². The molecule has 1 fully saturated rings. The monoisotopic (exact) mass is 339 g/mol. The largest absolute Gasteiger partial charge is 0.463 e. The molecule has 132 valence electrons. The predicted molar refractivity (Wildman–Crippen MR) is 82.0 cm³/mol. The van der Waals surface area contributed by atoms with Crippen LogP contribution in [0.1, 0.15) is 13.8 Å². The van der Waals surface area contributed by atoms with E-state index in [1.54, 1.807) is 24.3 Å². The highest BCUT2D eigenvalue weighted by Crippen LogP contribution is 2.26. The topological polar surface area (TPSA) is 114 Å². The SMILES string of the molecule is CC(=O)N[C@H]1[C@@H](Oc2ccccc2)O[C@@H](CO)[C@@H](O)[C@H]1OC(C)=O. The first-order chi connectivity index (χ1) is 11.4. The highest BCUT2D eigenvalue weighted by molar-refractivity contribution is 5.73. The molecule has 1 aromatic rings. The van der Waals surface area contributed by atoms with Crippen LogP contribution in [-0.4, -0.2) is 59.3 Å². The molecule has 1 amide bonds. The Bertz CT molecular complexity index is 565. The first kappa shape index (κ1) is 18.2. The van der Waals surface area contributed by atoms with Crippen LogP contribution in [0.3, 0.4) is 0 Å². The molecule has 0 unspecified atom stereocenters. The van der Waals surface area contributed by atoms with E-state index in [1.807, 2.05) is 6.07 Å². The number of nitrogens with one attached hydrogen (secondary N) is 1. The Labute approximate surface area is 139 Å². The number of aliphatic hydroxyl groups is 2. The number of rotatable bonds is 5. The standard InChI is InChI=1S/C16H21NO7/c1-9(19)17-13-15(22-10(2)20)14(21)12(8-18)24-16(13)23-11-6-4-3-5-7-11/h3-7,12-16,18,21H,8H2,1-2H3,(H,17,19)/t12-,13+,14+,15-,16-/m0/s1. The maximum absolute atomic E-state index is 11.5. The van der Waals surface area contributed by atoms with Crippen LogP contribution in [0.25, 0.3) is 0 Å². The van der Waals surface area contributed by atoms with Crippen molar-refractivity contribution in [1.29, 1.82) is 0 Å². The molecular formula is C16H21NO7. The Morgan fingerprint density at radius 1 is 1.25 bits per heavy atom. The number of carbonyl (C=O) groups excluding carboxylic acids is 2. The van der Waals surface area contributed by atoms with Crippen LogP contribution in [0.15, 0.2) is 30.3 Å². The molecule has 0 aromatic heterocycles. The highest BCUT2D eigenvalue weighted by Gasteiger charge is 2.48. The summed E-state index contributed by atoms with van der Waals surface area (Å²) >= 11 is 0. The average molecular weight is 339 g/mol. The Balaban J connectivity index is 2.28. The molecule has 0 spiro atoms. The summed E-state index contributed by atoms with van der Waals surface area (Å²) in [6.45, 7) is 1.98. The van der Waals surface area contributed by atoms with Gasteiger partial charge >= 0.3 is 5.97 Å². The van der Waals surface area contributed by atoms with Gasteiger partial charge in [0.25, 0.3) is 0 Å². The maximum atomic E-state index is 11.5. The van der Waals surface area contributed by atoms with Gasteiger partial charge in [0.1, 0.15) is 24.0 Å². The lowest BCUT2D eigenvalue weighted by atomic mass is 9.96. The third-order valence-corrected chi connectivity index (χ3v) is 3.52. The van der Waals surface area contributed by atoms with Gasteiger partial charge in [0.05, 0.1) is 6.61 Å². The lowest BCUT2D eigenvalue weighted by Crippen LogP contribution is -2.66. The second kappa shape index (κ2) is 8.09. The van der Waals surface area contributed by atoms with Gasteiger partial charge in [-0.25, -0.2) is 0 Å². The minimum atomic E-state index is -1.31. The van der Waals surface area contributed by atoms with Crippen LogP contribution < -0.4 is 10.1 Å². The molecule has 1 aliphatic rings. The molecule has 1 heterocycles. The smallest absolute Gasteiger partial charge is 0.303 e. The molecule has 3 N–H and O–H groups in total. The van der Waals surface area contributed by atoms with Gasteiger partial charge in [-0.1, -0.05) is 18.2 Å². The molecular weight excluding hydrogens is 318 g/mol. The zero-order chi connectivity index (χ0) is 17.7. The third-order valence-electron chi connectivity index (χ3n) is 3.52. The van der Waals surface area contributed by atoms with Crippen molar-refractivity contribution >= 4 is 11.9 Å². The number of esters is 1. The molecule has 1 saturated heterocycles. The number of amides is 1. The van der Waals surface area contributed by atoms with E-state index in [9.17, 15) is 19.8 Å². The first-order valence-corrected chi connectivity index (χ1v) is 7.52. The molecule has 1 aromatic carbocycles. The second-order valence-electron chi connectivity index (χ2n) is 5.45. The normalized spacial score (nSPS) is 29.6. The molecule has 5 atom stereocenters. The van der Waals surface area contributed by atoms with Crippen LogP contribution >= 0.6 is 0 Å². The van der Waals surface area contributed by atoms with Crippen molar-refractivity contribution in [1.82, 2.24) is 5.32 Å². The number of ether oxygens (including phenoxy) is 3. The first-order valence-electron chi connectivity index (χ1n) is 7.52. The van der Waals surface area contributed by atoms with Gasteiger partial charge < -0.3 is 29.7 Å². The Kier molecular flexibility index (Phi) is 6.13. The zero-order valence-electron chi connectivity index (χ0n) is 13.4. The summed E-state index contributed by atoms with van der Waals surface area (Å²) in [6, 6.07) is 7.76. The molecule has 1 aliphatic heterocycles. The summed E-state index contributed by atoms with van der Waals surface area (Å²) in [5.74, 6) is -0.573. The lowest BCUT2D eigenvalue weighted by molar-refractivity contribution is -0.249. The van der Waals surface area contributed by atoms with Gasteiger partial charge in [0.2, 0.25) is 12.2 Å². The number of aliphatic hydroxyl groups excluding tert-OH is 2. The summed E-state index contributed by atoms with van der Waals surface area (Å²) in [5, 5.41) is 22.2. The van der Waals surface area contributed by atoms with E-state index in [1.165, 1.54) is 13.8 Å². The molecule has 0 saturated carbocycles. The fraction of sp³-hybridized carbons (Fsp3) is 0.500. The third kappa shape index (κ3) is 4.44. The van der Waals surface area contributed by atoms with Gasteiger partial charge in [-0.05, 0) is 12.1 Å². The van der Waals surface area contributed by atoms with Crippen LogP contribution in [0, 0.1) is 0 Å². The van der Waals surface area contributed by atoms with Crippen molar-refractivity contribution in [2.24, 2.45) is 0 Å². The van der Waals surface area contributed by atoms with Gasteiger partial charge in [0, 0.05) is 13.8 Å². The van der Waals surface area contributed by atoms with E-state index >= 15 is 0 Å². The van der Waals surface area contributed by atoms with Crippen molar-refractivity contribution in [3.05, 3.63) is 30.3 Å². The number of benzene rings is 1. The molecule has 2 rings (SSSR count).